The molecule has 0 atom stereocenters. The summed E-state index contributed by atoms with van der Waals surface area (Å²) in [6.07, 6.45) is -3.28. The van der Waals surface area contributed by atoms with Crippen molar-refractivity contribution < 1.29 is 22.7 Å². The van der Waals surface area contributed by atoms with E-state index in [0.717, 1.165) is 6.07 Å². The molecule has 1 fully saturated rings. The molecule has 22 heavy (non-hydrogen) atoms. The number of hydrogen-bond donors (Lipinski definition) is 2. The second-order valence-electron chi connectivity index (χ2n) is 5.45. The molecule has 0 unspecified atom stereocenters. The Balaban J connectivity index is 2.30. The molecule has 1 aliphatic rings. The first-order chi connectivity index (χ1) is 10.4. The quantitative estimate of drug-likeness (QED) is 0.891. The van der Waals surface area contributed by atoms with Gasteiger partial charge in [0.2, 0.25) is 5.91 Å². The molecule has 2 rings (SSSR count). The number of ether oxygens (including phenoxy) is 1. The Hall–Kier alpha value is -1.60. The van der Waals surface area contributed by atoms with Crippen LogP contribution in [0.15, 0.2) is 24.3 Å². The fourth-order valence-electron chi connectivity index (χ4n) is 2.69. The van der Waals surface area contributed by atoms with E-state index in [9.17, 15) is 18.0 Å². The van der Waals surface area contributed by atoms with E-state index in [2.05, 4.69) is 5.32 Å². The number of nitrogens with one attached hydrogen (secondary N) is 1. The lowest BCUT2D eigenvalue weighted by Crippen LogP contribution is -2.46. The molecule has 1 aliphatic heterocycles. The van der Waals surface area contributed by atoms with E-state index >= 15 is 0 Å². The van der Waals surface area contributed by atoms with Crippen molar-refractivity contribution in [1.29, 1.82) is 0 Å². The Kier molecular flexibility index (Phi) is 5.08. The van der Waals surface area contributed by atoms with Gasteiger partial charge < -0.3 is 15.8 Å². The van der Waals surface area contributed by atoms with Gasteiger partial charge in [-0.05, 0) is 24.5 Å². The predicted octanol–water partition coefficient (Wildman–Crippen LogP) is 1.83. The number of nitrogens with two attached hydrogens (primary N) is 1. The van der Waals surface area contributed by atoms with Crippen molar-refractivity contribution in [3.63, 3.8) is 0 Å². The van der Waals surface area contributed by atoms with Crippen LogP contribution in [0, 0.1) is 0 Å². The molecule has 0 saturated carbocycles. The minimum atomic E-state index is -4.39. The van der Waals surface area contributed by atoms with Crippen molar-refractivity contribution in [2.45, 2.75) is 24.4 Å². The lowest BCUT2D eigenvalue weighted by molar-refractivity contribution is -0.137. The third-order valence-corrected chi connectivity index (χ3v) is 4.06. The molecule has 0 spiro atoms. The van der Waals surface area contributed by atoms with Crippen molar-refractivity contribution in [3.05, 3.63) is 35.4 Å². The average molecular weight is 316 g/mol. The summed E-state index contributed by atoms with van der Waals surface area (Å²) in [6, 6.07) is 5.30. The molecule has 3 N–H and O–H groups in total. The van der Waals surface area contributed by atoms with E-state index in [-0.39, 0.29) is 19.0 Å². The maximum atomic E-state index is 12.9. The van der Waals surface area contributed by atoms with Gasteiger partial charge >= 0.3 is 6.18 Å². The third kappa shape index (κ3) is 3.78. The summed E-state index contributed by atoms with van der Waals surface area (Å²) >= 11 is 0. The van der Waals surface area contributed by atoms with Gasteiger partial charge in [0.25, 0.3) is 0 Å². The van der Waals surface area contributed by atoms with Gasteiger partial charge in [-0.25, -0.2) is 0 Å². The molecular formula is C15H19F3N2O2. The van der Waals surface area contributed by atoms with Gasteiger partial charge in [-0.3, -0.25) is 4.79 Å². The summed E-state index contributed by atoms with van der Waals surface area (Å²) in [5.41, 5.74) is 4.61. The van der Waals surface area contributed by atoms with Crippen LogP contribution in [0.1, 0.15) is 24.0 Å². The highest BCUT2D eigenvalue weighted by atomic mass is 19.4. The lowest BCUT2D eigenvalue weighted by atomic mass is 9.73. The van der Waals surface area contributed by atoms with Crippen molar-refractivity contribution in [2.24, 2.45) is 5.73 Å². The fraction of sp³-hybridized carbons (Fsp3) is 0.533. The Labute approximate surface area is 126 Å². The minimum Gasteiger partial charge on any atom is -0.381 e. The van der Waals surface area contributed by atoms with Gasteiger partial charge in [0.15, 0.2) is 0 Å². The average Bonchev–Trinajstić information content (AvgIpc) is 2.53. The van der Waals surface area contributed by atoms with Crippen molar-refractivity contribution in [3.8, 4) is 0 Å². The van der Waals surface area contributed by atoms with E-state index in [1.807, 2.05) is 0 Å². The van der Waals surface area contributed by atoms with Crippen LogP contribution in [-0.2, 0) is 21.1 Å². The number of hydrogen-bond acceptors (Lipinski definition) is 3. The highest BCUT2D eigenvalue weighted by molar-refractivity contribution is 5.77. The molecule has 4 nitrogen and oxygen atoms in total. The van der Waals surface area contributed by atoms with Crippen LogP contribution >= 0.6 is 0 Å². The number of amides is 1. The molecular weight excluding hydrogens is 297 g/mol. The normalized spacial score (nSPS) is 18.0. The van der Waals surface area contributed by atoms with Crippen LogP contribution in [0.4, 0.5) is 13.2 Å². The Morgan fingerprint density at radius 2 is 2.00 bits per heavy atom. The fourth-order valence-corrected chi connectivity index (χ4v) is 2.69. The molecule has 1 amide bonds. The maximum absolute atomic E-state index is 12.9. The predicted molar refractivity (Wildman–Crippen MR) is 75.2 cm³/mol. The Morgan fingerprint density at radius 1 is 1.32 bits per heavy atom. The highest BCUT2D eigenvalue weighted by Crippen LogP contribution is 2.37. The second kappa shape index (κ2) is 6.66. The topological polar surface area (TPSA) is 64.4 Å². The van der Waals surface area contributed by atoms with Gasteiger partial charge in [0.05, 0.1) is 12.1 Å². The highest BCUT2D eigenvalue weighted by Gasteiger charge is 2.37. The van der Waals surface area contributed by atoms with Crippen LogP contribution in [0.2, 0.25) is 0 Å². The summed E-state index contributed by atoms with van der Waals surface area (Å²) in [5, 5.41) is 2.70. The maximum Gasteiger partial charge on any atom is 0.416 e. The number of alkyl halides is 3. The van der Waals surface area contributed by atoms with Crippen molar-refractivity contribution in [1.82, 2.24) is 5.32 Å². The molecule has 1 heterocycles. The van der Waals surface area contributed by atoms with Gasteiger partial charge in [0.1, 0.15) is 0 Å². The minimum absolute atomic E-state index is 0.144. The van der Waals surface area contributed by atoms with Gasteiger partial charge in [-0.15, -0.1) is 0 Å². The first-order valence-corrected chi connectivity index (χ1v) is 7.10. The van der Waals surface area contributed by atoms with E-state index in [4.69, 9.17) is 10.5 Å². The zero-order valence-electron chi connectivity index (χ0n) is 12.1. The molecule has 0 aromatic heterocycles. The summed E-state index contributed by atoms with van der Waals surface area (Å²) < 4.78 is 44.1. The van der Waals surface area contributed by atoms with Crippen molar-refractivity contribution in [2.75, 3.05) is 26.3 Å². The monoisotopic (exact) mass is 316 g/mol. The largest absolute Gasteiger partial charge is 0.416 e. The zero-order chi connectivity index (χ0) is 16.2. The van der Waals surface area contributed by atoms with E-state index in [0.29, 0.717) is 31.6 Å². The molecule has 1 aromatic carbocycles. The second-order valence-corrected chi connectivity index (χ2v) is 5.45. The number of carbonyl (C=O) groups is 1. The molecule has 122 valence electrons. The van der Waals surface area contributed by atoms with E-state index in [1.54, 1.807) is 6.07 Å². The molecule has 1 aromatic rings. The number of carbonyl (C=O) groups excluding carboxylic acids is 1. The summed E-state index contributed by atoms with van der Waals surface area (Å²) in [7, 11) is 0. The number of halogens is 3. The lowest BCUT2D eigenvalue weighted by Gasteiger charge is -2.38. The number of benzene rings is 1. The van der Waals surface area contributed by atoms with Gasteiger partial charge in [-0.1, -0.05) is 18.2 Å². The third-order valence-electron chi connectivity index (χ3n) is 4.06. The zero-order valence-corrected chi connectivity index (χ0v) is 12.1. The molecule has 0 radical (unpaired) electrons. The standard InChI is InChI=1S/C15H19F3N2O2/c16-15(17,18)12-3-1-2-11(8-12)14(4-6-22-7-5-14)10-20-13(21)9-19/h1-3,8H,4-7,9-10,19H2,(H,20,21). The summed E-state index contributed by atoms with van der Waals surface area (Å²) in [6.45, 7) is 1.02. The molecule has 7 heteroatoms. The van der Waals surface area contributed by atoms with Crippen LogP contribution in [0.25, 0.3) is 0 Å². The van der Waals surface area contributed by atoms with E-state index in [1.165, 1.54) is 12.1 Å². The summed E-state index contributed by atoms with van der Waals surface area (Å²) in [5.74, 6) is -0.321. The van der Waals surface area contributed by atoms with Crippen LogP contribution in [0.3, 0.4) is 0 Å². The van der Waals surface area contributed by atoms with Crippen molar-refractivity contribution >= 4 is 5.91 Å². The summed E-state index contributed by atoms with van der Waals surface area (Å²) in [4.78, 5) is 11.4. The molecule has 0 aliphatic carbocycles. The smallest absolute Gasteiger partial charge is 0.381 e. The van der Waals surface area contributed by atoms with Crippen LogP contribution < -0.4 is 11.1 Å². The first-order valence-electron chi connectivity index (χ1n) is 7.10. The van der Waals surface area contributed by atoms with Crippen LogP contribution in [-0.4, -0.2) is 32.2 Å². The molecule has 1 saturated heterocycles. The number of rotatable bonds is 4. The van der Waals surface area contributed by atoms with Gasteiger partial charge in [-0.2, -0.15) is 13.2 Å². The Bertz CT molecular complexity index is 526. The Morgan fingerprint density at radius 3 is 2.59 bits per heavy atom. The SMILES string of the molecule is NCC(=O)NCC1(c2cccc(C(F)(F)F)c2)CCOCC1. The van der Waals surface area contributed by atoms with Gasteiger partial charge in [0, 0.05) is 25.2 Å². The van der Waals surface area contributed by atoms with Crippen LogP contribution in [0.5, 0.6) is 0 Å². The van der Waals surface area contributed by atoms with E-state index < -0.39 is 17.2 Å². The first kappa shape index (κ1) is 16.8. The molecule has 0 bridgehead atoms.